The van der Waals surface area contributed by atoms with E-state index in [0.29, 0.717) is 5.58 Å². The summed E-state index contributed by atoms with van der Waals surface area (Å²) in [5.41, 5.74) is 2.81. The minimum absolute atomic E-state index is 0.00652. The maximum Gasteiger partial charge on any atom is 0.170 e. The van der Waals surface area contributed by atoms with Crippen LogP contribution in [0.2, 0.25) is 0 Å². The molecule has 3 aromatic rings. The zero-order valence-electron chi connectivity index (χ0n) is 15.3. The minimum Gasteiger partial charge on any atom is -0.487 e. The molecule has 3 heterocycles. The molecule has 1 spiro atoms. The molecule has 0 N–H and O–H groups in total. The molecule has 0 atom stereocenters. The van der Waals surface area contributed by atoms with Crippen LogP contribution >= 0.6 is 0 Å². The minimum atomic E-state index is -0.288. The van der Waals surface area contributed by atoms with Gasteiger partial charge in [-0.15, -0.1) is 0 Å². The van der Waals surface area contributed by atoms with Gasteiger partial charge in [-0.25, -0.2) is 4.39 Å². The van der Waals surface area contributed by atoms with Crippen molar-refractivity contribution in [3.8, 4) is 5.75 Å². The van der Waals surface area contributed by atoms with E-state index in [1.54, 1.807) is 6.07 Å². The van der Waals surface area contributed by atoms with E-state index in [0.717, 1.165) is 68.6 Å². The summed E-state index contributed by atoms with van der Waals surface area (Å²) in [6, 6.07) is 13.0. The summed E-state index contributed by atoms with van der Waals surface area (Å²) in [4.78, 5) is 2.51. The molecule has 0 bridgehead atoms. The third-order valence-corrected chi connectivity index (χ3v) is 5.98. The third kappa shape index (κ3) is 3.21. The average molecular weight is 366 g/mol. The Hall–Kier alpha value is -2.40. The van der Waals surface area contributed by atoms with Crippen LogP contribution in [0.3, 0.4) is 0 Å². The predicted octanol–water partition coefficient (Wildman–Crippen LogP) is 4.37. The van der Waals surface area contributed by atoms with Crippen molar-refractivity contribution in [2.24, 2.45) is 0 Å². The number of para-hydroxylation sites is 1. The van der Waals surface area contributed by atoms with Crippen LogP contribution in [0.15, 0.2) is 47.0 Å². The van der Waals surface area contributed by atoms with Crippen molar-refractivity contribution in [2.75, 3.05) is 19.6 Å². The van der Waals surface area contributed by atoms with Crippen LogP contribution in [0.5, 0.6) is 5.75 Å². The van der Waals surface area contributed by atoms with E-state index in [-0.39, 0.29) is 11.4 Å². The topological polar surface area (TPSA) is 38.5 Å². The van der Waals surface area contributed by atoms with E-state index in [2.05, 4.69) is 34.3 Å². The first kappa shape index (κ1) is 16.8. The van der Waals surface area contributed by atoms with Gasteiger partial charge in [0, 0.05) is 43.8 Å². The van der Waals surface area contributed by atoms with Gasteiger partial charge in [-0.1, -0.05) is 23.4 Å². The summed E-state index contributed by atoms with van der Waals surface area (Å²) in [5.74, 6) is 0.782. The monoisotopic (exact) mass is 366 g/mol. The number of aromatic nitrogens is 1. The Morgan fingerprint density at radius 2 is 1.96 bits per heavy atom. The van der Waals surface area contributed by atoms with Gasteiger partial charge in [0.25, 0.3) is 0 Å². The number of ether oxygens (including phenoxy) is 1. The third-order valence-electron chi connectivity index (χ3n) is 5.98. The van der Waals surface area contributed by atoms with E-state index in [1.165, 1.54) is 17.7 Å². The Balaban J connectivity index is 1.14. The zero-order chi connectivity index (χ0) is 18.3. The average Bonchev–Trinajstić information content (AvgIpc) is 3.24. The quantitative estimate of drug-likeness (QED) is 0.687. The van der Waals surface area contributed by atoms with Crippen LogP contribution in [0.4, 0.5) is 4.39 Å². The number of rotatable bonds is 4. The van der Waals surface area contributed by atoms with Crippen molar-refractivity contribution in [1.29, 1.82) is 0 Å². The van der Waals surface area contributed by atoms with Crippen LogP contribution < -0.4 is 4.74 Å². The lowest BCUT2D eigenvalue weighted by molar-refractivity contribution is 0.0192. The largest absolute Gasteiger partial charge is 0.487 e. The molecule has 2 aliphatic rings. The Kier molecular flexibility index (Phi) is 4.12. The fourth-order valence-corrected chi connectivity index (χ4v) is 4.44. The number of halogens is 1. The maximum absolute atomic E-state index is 13.2. The number of nitrogens with zero attached hydrogens (tertiary/aromatic N) is 2. The van der Waals surface area contributed by atoms with Crippen molar-refractivity contribution in [3.63, 3.8) is 0 Å². The van der Waals surface area contributed by atoms with E-state index in [1.807, 2.05) is 0 Å². The highest BCUT2D eigenvalue weighted by molar-refractivity contribution is 5.79. The molecule has 2 aromatic carbocycles. The number of benzene rings is 2. The molecule has 0 aliphatic carbocycles. The first-order chi connectivity index (χ1) is 13.2. The van der Waals surface area contributed by atoms with Crippen LogP contribution in [0.25, 0.3) is 11.0 Å². The fourth-order valence-electron chi connectivity index (χ4n) is 4.44. The molecule has 0 amide bonds. The molecule has 4 nitrogen and oxygen atoms in total. The molecule has 0 saturated carbocycles. The summed E-state index contributed by atoms with van der Waals surface area (Å²) in [6.07, 6.45) is 5.06. The number of piperidine rings is 1. The lowest BCUT2D eigenvalue weighted by Crippen LogP contribution is -2.47. The van der Waals surface area contributed by atoms with Crippen molar-refractivity contribution >= 4 is 11.0 Å². The Morgan fingerprint density at radius 1 is 1.11 bits per heavy atom. The van der Waals surface area contributed by atoms with Crippen molar-refractivity contribution in [2.45, 2.75) is 37.7 Å². The Bertz CT molecular complexity index is 933. The fraction of sp³-hybridized carbons (Fsp3) is 0.409. The van der Waals surface area contributed by atoms with Crippen molar-refractivity contribution in [1.82, 2.24) is 10.1 Å². The van der Waals surface area contributed by atoms with E-state index in [4.69, 9.17) is 9.26 Å². The highest BCUT2D eigenvalue weighted by atomic mass is 19.1. The first-order valence-corrected chi connectivity index (χ1v) is 9.74. The van der Waals surface area contributed by atoms with Gasteiger partial charge in [0.1, 0.15) is 17.2 Å². The molecule has 140 valence electrons. The summed E-state index contributed by atoms with van der Waals surface area (Å²) in [7, 11) is 0. The molecule has 0 unspecified atom stereocenters. The van der Waals surface area contributed by atoms with Gasteiger partial charge < -0.3 is 14.2 Å². The van der Waals surface area contributed by atoms with Crippen LogP contribution in [0, 0.1) is 5.82 Å². The van der Waals surface area contributed by atoms with Gasteiger partial charge in [0.2, 0.25) is 0 Å². The van der Waals surface area contributed by atoms with Gasteiger partial charge in [0.05, 0.1) is 5.69 Å². The van der Waals surface area contributed by atoms with Crippen molar-refractivity contribution in [3.05, 3.63) is 59.5 Å². The first-order valence-electron chi connectivity index (χ1n) is 9.74. The molecule has 27 heavy (non-hydrogen) atoms. The Morgan fingerprint density at radius 3 is 2.81 bits per heavy atom. The number of fused-ring (bicyclic) bond motifs is 2. The lowest BCUT2D eigenvalue weighted by Gasteiger charge is -2.38. The smallest absolute Gasteiger partial charge is 0.170 e. The van der Waals surface area contributed by atoms with Gasteiger partial charge in [-0.05, 0) is 43.1 Å². The Labute approximate surface area is 157 Å². The highest BCUT2D eigenvalue weighted by Gasteiger charge is 2.41. The van der Waals surface area contributed by atoms with Crippen LogP contribution in [-0.2, 0) is 12.8 Å². The summed E-state index contributed by atoms with van der Waals surface area (Å²) in [6.45, 7) is 3.18. The molecule has 5 rings (SSSR count). The molecular weight excluding hydrogens is 343 g/mol. The number of likely N-dealkylation sites (tertiary alicyclic amines) is 1. The van der Waals surface area contributed by atoms with E-state index >= 15 is 0 Å². The molecular formula is C22H23FN2O2. The normalized spacial score (nSPS) is 18.7. The number of hydrogen-bond donors (Lipinski definition) is 0. The molecule has 5 heteroatoms. The summed E-state index contributed by atoms with van der Waals surface area (Å²) < 4.78 is 24.8. The van der Waals surface area contributed by atoms with E-state index in [9.17, 15) is 4.39 Å². The molecule has 1 aromatic heterocycles. The molecule has 1 saturated heterocycles. The predicted molar refractivity (Wildman–Crippen MR) is 101 cm³/mol. The second-order valence-electron chi connectivity index (χ2n) is 7.78. The number of hydrogen-bond acceptors (Lipinski definition) is 4. The lowest BCUT2D eigenvalue weighted by atomic mass is 9.87. The zero-order valence-corrected chi connectivity index (χ0v) is 15.3. The van der Waals surface area contributed by atoms with Gasteiger partial charge in [0.15, 0.2) is 5.58 Å². The molecule has 0 radical (unpaired) electrons. The SMILES string of the molecule is Fc1ccc2c(CCCN3CCC4(CC3)Cc3ccccc3O4)noc2c1. The standard InChI is InChI=1S/C22H23FN2O2/c23-17-7-8-18-19(24-27-21(18)14-17)5-3-11-25-12-9-22(10-13-25)15-16-4-1-2-6-20(16)26-22/h1-2,4,6-8,14H,3,5,9-13,15H2. The summed E-state index contributed by atoms with van der Waals surface area (Å²) >= 11 is 0. The van der Waals surface area contributed by atoms with Gasteiger partial charge in [-0.3, -0.25) is 0 Å². The van der Waals surface area contributed by atoms with Crippen LogP contribution in [0.1, 0.15) is 30.5 Å². The summed E-state index contributed by atoms with van der Waals surface area (Å²) in [5, 5.41) is 5.04. The highest BCUT2D eigenvalue weighted by Crippen LogP contribution is 2.40. The van der Waals surface area contributed by atoms with Gasteiger partial charge >= 0.3 is 0 Å². The second-order valence-corrected chi connectivity index (χ2v) is 7.78. The second kappa shape index (κ2) is 6.64. The van der Waals surface area contributed by atoms with Gasteiger partial charge in [-0.2, -0.15) is 0 Å². The molecule has 2 aliphatic heterocycles. The molecule has 1 fully saturated rings. The maximum atomic E-state index is 13.2. The van der Waals surface area contributed by atoms with E-state index < -0.39 is 0 Å². The number of aryl methyl sites for hydroxylation is 1. The van der Waals surface area contributed by atoms with Crippen LogP contribution in [-0.4, -0.2) is 35.3 Å². The van der Waals surface area contributed by atoms with Crippen molar-refractivity contribution < 1.29 is 13.7 Å².